The highest BCUT2D eigenvalue weighted by Crippen LogP contribution is 2.69. The first-order valence-electron chi connectivity index (χ1n) is 11.4. The Hall–Kier alpha value is -1.44. The number of hydrogen-bond donors (Lipinski definition) is 1. The van der Waals surface area contributed by atoms with Crippen molar-refractivity contribution >= 4 is 11.8 Å². The number of ketones is 1. The van der Waals surface area contributed by atoms with Crippen LogP contribution in [0.25, 0.3) is 0 Å². The first-order chi connectivity index (χ1) is 14.5. The molecule has 1 aliphatic heterocycles. The van der Waals surface area contributed by atoms with Crippen LogP contribution in [0.5, 0.6) is 0 Å². The van der Waals surface area contributed by atoms with Crippen LogP contribution in [0.3, 0.4) is 0 Å². The highest BCUT2D eigenvalue weighted by atomic mass is 16.6. The normalized spacial score (nSPS) is 51.3. The number of carbonyl (C=O) groups excluding carboxylic acids is 2. The molecular formula is C24H36O7. The van der Waals surface area contributed by atoms with Crippen molar-refractivity contribution in [1.82, 2.24) is 0 Å². The lowest BCUT2D eigenvalue weighted by Crippen LogP contribution is -2.74. The van der Waals surface area contributed by atoms with Gasteiger partial charge in [-0.15, -0.1) is 0 Å². The number of rotatable bonds is 3. The minimum absolute atomic E-state index is 0.0188. The van der Waals surface area contributed by atoms with Gasteiger partial charge in [0.25, 0.3) is 0 Å². The van der Waals surface area contributed by atoms with E-state index in [2.05, 4.69) is 20.8 Å². The number of aliphatic hydroxyl groups excluding tert-OH is 1. The van der Waals surface area contributed by atoms with Gasteiger partial charge in [0.15, 0.2) is 12.0 Å². The molecule has 0 aromatic rings. The quantitative estimate of drug-likeness (QED) is 0.680. The van der Waals surface area contributed by atoms with Crippen LogP contribution in [-0.2, 0) is 28.5 Å². The molecule has 174 valence electrons. The molecule has 11 atom stereocenters. The van der Waals surface area contributed by atoms with Crippen molar-refractivity contribution < 1.29 is 33.6 Å². The fourth-order valence-corrected chi connectivity index (χ4v) is 7.99. The number of carbonyl (C=O) groups is 2. The lowest BCUT2D eigenvalue weighted by atomic mass is 9.38. The average Bonchev–Trinajstić information content (AvgIpc) is 2.69. The molecule has 4 aliphatic rings. The van der Waals surface area contributed by atoms with Crippen molar-refractivity contribution in [1.29, 1.82) is 0 Å². The van der Waals surface area contributed by atoms with Crippen molar-refractivity contribution in [3.63, 3.8) is 0 Å². The van der Waals surface area contributed by atoms with Gasteiger partial charge in [-0.2, -0.15) is 0 Å². The molecule has 7 heteroatoms. The lowest BCUT2D eigenvalue weighted by Gasteiger charge is -2.69. The number of Topliss-reactive ketones (excluding diaryl/α,β-unsaturated/α-hetero) is 1. The molecule has 0 radical (unpaired) electrons. The second-order valence-corrected chi connectivity index (χ2v) is 10.4. The Bertz CT molecular complexity index is 793. The summed E-state index contributed by atoms with van der Waals surface area (Å²) in [6, 6.07) is 0. The maximum absolute atomic E-state index is 13.9. The molecule has 31 heavy (non-hydrogen) atoms. The first-order valence-corrected chi connectivity index (χ1v) is 11.4. The number of ether oxygens (including phenoxy) is 4. The van der Waals surface area contributed by atoms with Gasteiger partial charge < -0.3 is 24.1 Å². The van der Waals surface area contributed by atoms with Crippen molar-refractivity contribution in [2.75, 3.05) is 14.2 Å². The molecule has 4 rings (SSSR count). The molecule has 7 nitrogen and oxygen atoms in total. The summed E-state index contributed by atoms with van der Waals surface area (Å²) in [6.45, 7) is 9.75. The van der Waals surface area contributed by atoms with E-state index in [1.54, 1.807) is 7.11 Å². The highest BCUT2D eigenvalue weighted by molar-refractivity contribution is 5.99. The molecule has 3 aliphatic carbocycles. The summed E-state index contributed by atoms with van der Waals surface area (Å²) < 4.78 is 23.5. The van der Waals surface area contributed by atoms with Crippen LogP contribution < -0.4 is 0 Å². The van der Waals surface area contributed by atoms with Gasteiger partial charge in [-0.1, -0.05) is 27.7 Å². The third kappa shape index (κ3) is 2.96. The van der Waals surface area contributed by atoms with E-state index < -0.39 is 23.2 Å². The minimum atomic E-state index is -0.849. The molecule has 0 amide bonds. The van der Waals surface area contributed by atoms with Crippen molar-refractivity contribution in [2.45, 2.75) is 72.1 Å². The summed E-state index contributed by atoms with van der Waals surface area (Å²) in [5.41, 5.74) is -1.28. The second-order valence-electron chi connectivity index (χ2n) is 10.4. The zero-order chi connectivity index (χ0) is 22.9. The summed E-state index contributed by atoms with van der Waals surface area (Å²) in [5, 5.41) is 10.6. The zero-order valence-electron chi connectivity index (χ0n) is 19.6. The lowest BCUT2D eigenvalue weighted by molar-refractivity contribution is -0.327. The number of methoxy groups -OCH3 is 2. The monoisotopic (exact) mass is 436 g/mol. The molecule has 1 N–H and O–H groups in total. The average molecular weight is 437 g/mol. The van der Waals surface area contributed by atoms with E-state index in [-0.39, 0.29) is 53.6 Å². The minimum Gasteiger partial charge on any atom is -0.493 e. The molecule has 0 aromatic carbocycles. The van der Waals surface area contributed by atoms with Crippen LogP contribution in [0.1, 0.15) is 47.5 Å². The largest absolute Gasteiger partial charge is 0.493 e. The molecule has 1 saturated heterocycles. The Morgan fingerprint density at radius 2 is 1.84 bits per heavy atom. The molecular weight excluding hydrogens is 400 g/mol. The Balaban J connectivity index is 1.95. The van der Waals surface area contributed by atoms with E-state index in [1.807, 2.05) is 13.0 Å². The molecule has 2 saturated carbocycles. The molecule has 1 heterocycles. The van der Waals surface area contributed by atoms with Crippen LogP contribution in [0.15, 0.2) is 11.8 Å². The molecule has 3 fully saturated rings. The second kappa shape index (κ2) is 7.56. The van der Waals surface area contributed by atoms with Crippen LogP contribution >= 0.6 is 0 Å². The van der Waals surface area contributed by atoms with E-state index >= 15 is 0 Å². The van der Waals surface area contributed by atoms with Gasteiger partial charge in [0.05, 0.1) is 19.3 Å². The number of hydrogen-bond acceptors (Lipinski definition) is 7. The van der Waals surface area contributed by atoms with E-state index in [9.17, 15) is 14.7 Å². The molecule has 5 unspecified atom stereocenters. The predicted octanol–water partition coefficient (Wildman–Crippen LogP) is 2.70. The summed E-state index contributed by atoms with van der Waals surface area (Å²) in [5.74, 6) is -0.283. The van der Waals surface area contributed by atoms with Gasteiger partial charge in [-0.25, -0.2) is 0 Å². The van der Waals surface area contributed by atoms with Crippen molar-refractivity contribution in [3.05, 3.63) is 11.8 Å². The van der Waals surface area contributed by atoms with Gasteiger partial charge in [0, 0.05) is 37.2 Å². The van der Waals surface area contributed by atoms with Crippen LogP contribution in [0.2, 0.25) is 0 Å². The Morgan fingerprint density at radius 1 is 1.16 bits per heavy atom. The predicted molar refractivity (Wildman–Crippen MR) is 112 cm³/mol. The number of aliphatic hydroxyl groups is 1. The van der Waals surface area contributed by atoms with Crippen LogP contribution in [0.4, 0.5) is 0 Å². The fourth-order valence-electron chi connectivity index (χ4n) is 7.99. The van der Waals surface area contributed by atoms with Crippen molar-refractivity contribution in [3.8, 4) is 0 Å². The fraction of sp³-hybridized carbons (Fsp3) is 0.833. The number of esters is 1. The molecule has 0 aromatic heterocycles. The highest BCUT2D eigenvalue weighted by Gasteiger charge is 2.73. The van der Waals surface area contributed by atoms with E-state index in [0.717, 1.165) is 0 Å². The van der Waals surface area contributed by atoms with Gasteiger partial charge in [-0.3, -0.25) is 9.59 Å². The first kappa shape index (κ1) is 22.7. The smallest absolute Gasteiger partial charge is 0.303 e. The summed E-state index contributed by atoms with van der Waals surface area (Å²) in [4.78, 5) is 26.1. The Kier molecular flexibility index (Phi) is 5.55. The molecule has 0 bridgehead atoms. The SMILES string of the molecule is COC1=CC(C)C2C[C@H]3OC(O)C[C@H]4[C@@H](C)[C@H](OC)C(OC(C)=O)C([C@@]2(C)C1=O)[C@@]34C. The maximum atomic E-state index is 13.9. The summed E-state index contributed by atoms with van der Waals surface area (Å²) in [6.07, 6.45) is 0.958. The third-order valence-corrected chi connectivity index (χ3v) is 9.19. The van der Waals surface area contributed by atoms with Crippen LogP contribution in [-0.4, -0.2) is 55.7 Å². The van der Waals surface area contributed by atoms with Gasteiger partial charge in [0.2, 0.25) is 5.78 Å². The summed E-state index contributed by atoms with van der Waals surface area (Å²) >= 11 is 0. The van der Waals surface area contributed by atoms with Gasteiger partial charge >= 0.3 is 5.97 Å². The van der Waals surface area contributed by atoms with Gasteiger partial charge in [0.1, 0.15) is 6.10 Å². The van der Waals surface area contributed by atoms with E-state index in [4.69, 9.17) is 18.9 Å². The van der Waals surface area contributed by atoms with E-state index in [0.29, 0.717) is 18.6 Å². The Labute approximate surface area is 184 Å². The zero-order valence-corrected chi connectivity index (χ0v) is 19.6. The molecule has 0 spiro atoms. The number of fused-ring (bicyclic) bond motifs is 2. The standard InChI is InChI=1S/C24H36O7/c1-11-8-16(28-6)22(27)24(5)14(11)9-17-23(4)15(10-18(26)31-17)12(2)19(29-7)20(21(23)24)30-13(3)25/h8,11-12,14-15,17-21,26H,9-10H2,1-7H3/t11?,12-,14?,15+,17-,18?,19+,20?,21?,23-,24+/m1/s1. The third-order valence-electron chi connectivity index (χ3n) is 9.19. The summed E-state index contributed by atoms with van der Waals surface area (Å²) in [7, 11) is 3.16. The van der Waals surface area contributed by atoms with Crippen LogP contribution in [0, 0.1) is 40.4 Å². The Morgan fingerprint density at radius 3 is 2.42 bits per heavy atom. The van der Waals surface area contributed by atoms with E-state index in [1.165, 1.54) is 14.0 Å². The number of allylic oxidation sites excluding steroid dienone is 2. The maximum Gasteiger partial charge on any atom is 0.303 e. The van der Waals surface area contributed by atoms with Crippen molar-refractivity contribution in [2.24, 2.45) is 40.4 Å². The van der Waals surface area contributed by atoms with Gasteiger partial charge in [-0.05, 0) is 36.2 Å². The topological polar surface area (TPSA) is 91.3 Å².